The van der Waals surface area contributed by atoms with Gasteiger partial charge in [0.05, 0.1) is 13.5 Å². The molecule has 0 atom stereocenters. The van der Waals surface area contributed by atoms with Crippen molar-refractivity contribution in [2.24, 2.45) is 4.99 Å². The molecule has 0 saturated heterocycles. The number of methoxy groups -OCH3 is 1. The first-order valence-electron chi connectivity index (χ1n) is 8.70. The van der Waals surface area contributed by atoms with Crippen LogP contribution in [0.2, 0.25) is 0 Å². The molecule has 0 fully saturated rings. The number of rotatable bonds is 8. The fourth-order valence-electron chi connectivity index (χ4n) is 2.53. The Bertz CT molecular complexity index is 780. The van der Waals surface area contributed by atoms with Crippen molar-refractivity contribution in [2.75, 3.05) is 27.2 Å². The molecule has 144 valence electrons. The Morgan fingerprint density at radius 2 is 1.85 bits per heavy atom. The predicted octanol–water partition coefficient (Wildman–Crippen LogP) is 1.86. The zero-order valence-corrected chi connectivity index (χ0v) is 15.6. The first-order valence-corrected chi connectivity index (χ1v) is 8.70. The quantitative estimate of drug-likeness (QED) is 0.376. The van der Waals surface area contributed by atoms with Gasteiger partial charge in [-0.2, -0.15) is 0 Å². The van der Waals surface area contributed by atoms with Crippen molar-refractivity contribution in [2.45, 2.75) is 13.0 Å². The smallest absolute Gasteiger partial charge is 0.224 e. The normalized spacial score (nSPS) is 11.0. The van der Waals surface area contributed by atoms with Crippen molar-refractivity contribution in [3.63, 3.8) is 0 Å². The van der Waals surface area contributed by atoms with Gasteiger partial charge in [-0.1, -0.05) is 30.3 Å². The summed E-state index contributed by atoms with van der Waals surface area (Å²) in [5.41, 5.74) is 1.67. The number of guanidine groups is 1. The predicted molar refractivity (Wildman–Crippen MR) is 104 cm³/mol. The van der Waals surface area contributed by atoms with Gasteiger partial charge >= 0.3 is 0 Å². The highest BCUT2D eigenvalue weighted by molar-refractivity contribution is 5.80. The maximum Gasteiger partial charge on any atom is 0.224 e. The van der Waals surface area contributed by atoms with E-state index in [0.717, 1.165) is 11.3 Å². The molecule has 0 bridgehead atoms. The molecule has 0 aromatic heterocycles. The molecule has 0 aliphatic rings. The Morgan fingerprint density at radius 3 is 2.59 bits per heavy atom. The molecule has 2 aromatic rings. The summed E-state index contributed by atoms with van der Waals surface area (Å²) in [5, 5.41) is 9.12. The second-order valence-electron chi connectivity index (χ2n) is 5.82. The van der Waals surface area contributed by atoms with Crippen molar-refractivity contribution in [3.05, 3.63) is 65.5 Å². The highest BCUT2D eigenvalue weighted by Crippen LogP contribution is 2.16. The second-order valence-corrected chi connectivity index (χ2v) is 5.82. The van der Waals surface area contributed by atoms with Gasteiger partial charge in [0.15, 0.2) is 5.96 Å². The number of carbonyl (C=O) groups is 1. The molecular formula is C20H25FN4O2. The van der Waals surface area contributed by atoms with Gasteiger partial charge < -0.3 is 20.7 Å². The van der Waals surface area contributed by atoms with Crippen LogP contribution in [0.15, 0.2) is 53.5 Å². The summed E-state index contributed by atoms with van der Waals surface area (Å²) in [7, 11) is 3.32. The highest BCUT2D eigenvalue weighted by atomic mass is 19.1. The molecular weight excluding hydrogens is 347 g/mol. The van der Waals surface area contributed by atoms with E-state index in [1.807, 2.05) is 24.3 Å². The maximum atomic E-state index is 13.1. The van der Waals surface area contributed by atoms with Crippen LogP contribution in [0.3, 0.4) is 0 Å². The molecule has 3 N–H and O–H groups in total. The third kappa shape index (κ3) is 6.97. The number of aliphatic imine (C=N–C) groups is 1. The van der Waals surface area contributed by atoms with E-state index in [4.69, 9.17) is 4.74 Å². The molecule has 2 rings (SSSR count). The van der Waals surface area contributed by atoms with Gasteiger partial charge in [-0.25, -0.2) is 4.39 Å². The first kappa shape index (κ1) is 20.2. The second kappa shape index (κ2) is 10.8. The number of amides is 1. The van der Waals surface area contributed by atoms with Crippen molar-refractivity contribution in [1.29, 1.82) is 0 Å². The molecule has 0 aliphatic heterocycles. The average molecular weight is 372 g/mol. The monoisotopic (exact) mass is 372 g/mol. The highest BCUT2D eigenvalue weighted by Gasteiger charge is 2.05. The van der Waals surface area contributed by atoms with E-state index in [9.17, 15) is 9.18 Å². The van der Waals surface area contributed by atoms with Crippen molar-refractivity contribution < 1.29 is 13.9 Å². The molecule has 7 heteroatoms. The van der Waals surface area contributed by atoms with Gasteiger partial charge in [-0.3, -0.25) is 9.79 Å². The lowest BCUT2D eigenvalue weighted by Gasteiger charge is -2.14. The summed E-state index contributed by atoms with van der Waals surface area (Å²) < 4.78 is 18.4. The SMILES string of the molecule is CN=C(NCCNC(=O)Cc1cccc(F)c1)NCc1ccccc1OC. The Hall–Kier alpha value is -3.09. The molecule has 0 heterocycles. The van der Waals surface area contributed by atoms with Gasteiger partial charge in [0.2, 0.25) is 5.91 Å². The third-order valence-corrected chi connectivity index (χ3v) is 3.86. The largest absolute Gasteiger partial charge is 0.496 e. The molecule has 1 amide bonds. The number of carbonyl (C=O) groups excluding carboxylic acids is 1. The van der Waals surface area contributed by atoms with Crippen molar-refractivity contribution in [3.8, 4) is 5.75 Å². The molecule has 0 aliphatic carbocycles. The number of nitrogens with zero attached hydrogens (tertiary/aromatic N) is 1. The summed E-state index contributed by atoms with van der Waals surface area (Å²) in [6.07, 6.45) is 0.151. The molecule has 2 aromatic carbocycles. The van der Waals surface area contributed by atoms with E-state index in [1.165, 1.54) is 12.1 Å². The minimum Gasteiger partial charge on any atom is -0.496 e. The van der Waals surface area contributed by atoms with Crippen LogP contribution in [0.4, 0.5) is 4.39 Å². The van der Waals surface area contributed by atoms with Crippen LogP contribution in [0.1, 0.15) is 11.1 Å². The van der Waals surface area contributed by atoms with Gasteiger partial charge in [0.25, 0.3) is 0 Å². The molecule has 0 radical (unpaired) electrons. The van der Waals surface area contributed by atoms with E-state index in [1.54, 1.807) is 26.3 Å². The lowest BCUT2D eigenvalue weighted by Crippen LogP contribution is -2.41. The molecule has 6 nitrogen and oxygen atoms in total. The number of hydrogen-bond acceptors (Lipinski definition) is 3. The van der Waals surface area contributed by atoms with E-state index >= 15 is 0 Å². The Morgan fingerprint density at radius 1 is 1.07 bits per heavy atom. The summed E-state index contributed by atoms with van der Waals surface area (Å²) >= 11 is 0. The van der Waals surface area contributed by atoms with Crippen LogP contribution in [0.25, 0.3) is 0 Å². The van der Waals surface area contributed by atoms with Crippen LogP contribution < -0.4 is 20.7 Å². The van der Waals surface area contributed by atoms with Crippen molar-refractivity contribution in [1.82, 2.24) is 16.0 Å². The van der Waals surface area contributed by atoms with Gasteiger partial charge in [-0.05, 0) is 23.8 Å². The number of nitrogens with one attached hydrogen (secondary N) is 3. The number of benzene rings is 2. The minimum absolute atomic E-state index is 0.151. The zero-order valence-electron chi connectivity index (χ0n) is 15.6. The van der Waals surface area contributed by atoms with Gasteiger partial charge in [-0.15, -0.1) is 0 Å². The zero-order chi connectivity index (χ0) is 19.5. The standard InChI is InChI=1S/C20H25FN4O2/c1-22-20(25-14-16-7-3-4-9-18(16)27-2)24-11-10-23-19(26)13-15-6-5-8-17(21)12-15/h3-9,12H,10-11,13-14H2,1-2H3,(H,23,26)(H2,22,24,25). The van der Waals surface area contributed by atoms with Crippen molar-refractivity contribution >= 4 is 11.9 Å². The van der Waals surface area contributed by atoms with E-state index in [-0.39, 0.29) is 18.1 Å². The van der Waals surface area contributed by atoms with Crippen LogP contribution in [0.5, 0.6) is 5.75 Å². The number of para-hydroxylation sites is 1. The molecule has 0 unspecified atom stereocenters. The Labute approximate surface area is 158 Å². The average Bonchev–Trinajstić information content (AvgIpc) is 2.67. The van der Waals surface area contributed by atoms with Crippen LogP contribution in [-0.2, 0) is 17.8 Å². The maximum absolute atomic E-state index is 13.1. The lowest BCUT2D eigenvalue weighted by molar-refractivity contribution is -0.120. The summed E-state index contributed by atoms with van der Waals surface area (Å²) in [5.74, 6) is 0.941. The van der Waals surface area contributed by atoms with Crippen LogP contribution in [0, 0.1) is 5.82 Å². The minimum atomic E-state index is -0.341. The van der Waals surface area contributed by atoms with Gasteiger partial charge in [0, 0.05) is 32.2 Å². The fourth-order valence-corrected chi connectivity index (χ4v) is 2.53. The third-order valence-electron chi connectivity index (χ3n) is 3.86. The fraction of sp³-hybridized carbons (Fsp3) is 0.300. The van der Waals surface area contributed by atoms with Crippen LogP contribution in [-0.4, -0.2) is 39.1 Å². The topological polar surface area (TPSA) is 74.8 Å². The van der Waals surface area contributed by atoms with Gasteiger partial charge in [0.1, 0.15) is 11.6 Å². The Kier molecular flexibility index (Phi) is 8.09. The molecule has 0 saturated carbocycles. The molecule has 27 heavy (non-hydrogen) atoms. The van der Waals surface area contributed by atoms with Crippen LogP contribution >= 0.6 is 0 Å². The lowest BCUT2D eigenvalue weighted by atomic mass is 10.1. The first-order chi connectivity index (χ1) is 13.1. The van der Waals surface area contributed by atoms with E-state index in [2.05, 4.69) is 20.9 Å². The Balaban J connectivity index is 1.69. The number of hydrogen-bond donors (Lipinski definition) is 3. The number of ether oxygens (including phenoxy) is 1. The summed E-state index contributed by atoms with van der Waals surface area (Å²) in [4.78, 5) is 16.1. The summed E-state index contributed by atoms with van der Waals surface area (Å²) in [6, 6.07) is 13.8. The number of halogens is 1. The molecule has 0 spiro atoms. The van der Waals surface area contributed by atoms with E-state index < -0.39 is 0 Å². The van der Waals surface area contributed by atoms with E-state index in [0.29, 0.717) is 31.2 Å². The summed E-state index contributed by atoms with van der Waals surface area (Å²) in [6.45, 7) is 1.51.